The van der Waals surface area contributed by atoms with Crippen molar-refractivity contribution in [3.8, 4) is 0 Å². The van der Waals surface area contributed by atoms with Crippen LogP contribution in [0.2, 0.25) is 0 Å². The number of ether oxygens (including phenoxy) is 1. The lowest BCUT2D eigenvalue weighted by Gasteiger charge is -2.37. The van der Waals surface area contributed by atoms with Crippen LogP contribution < -0.4 is 0 Å². The Labute approximate surface area is 112 Å². The minimum absolute atomic E-state index is 0.176. The summed E-state index contributed by atoms with van der Waals surface area (Å²) in [5.74, 6) is 0.760. The molecule has 2 nitrogen and oxygen atoms in total. The van der Waals surface area contributed by atoms with Crippen LogP contribution >= 0.6 is 12.6 Å². The summed E-state index contributed by atoms with van der Waals surface area (Å²) in [5, 5.41) is 0. The van der Waals surface area contributed by atoms with E-state index in [1.165, 1.54) is 38.6 Å². The van der Waals surface area contributed by atoms with Crippen LogP contribution in [0.3, 0.4) is 0 Å². The van der Waals surface area contributed by atoms with Gasteiger partial charge in [0, 0.05) is 23.9 Å². The smallest absolute Gasteiger partial charge is 0.0593 e. The van der Waals surface area contributed by atoms with Gasteiger partial charge in [-0.05, 0) is 38.1 Å². The van der Waals surface area contributed by atoms with E-state index in [1.807, 2.05) is 0 Å². The fourth-order valence-corrected chi connectivity index (χ4v) is 3.52. The van der Waals surface area contributed by atoms with Crippen molar-refractivity contribution < 1.29 is 4.74 Å². The quantitative estimate of drug-likeness (QED) is 0.725. The van der Waals surface area contributed by atoms with Gasteiger partial charge < -0.3 is 4.74 Å². The van der Waals surface area contributed by atoms with Gasteiger partial charge in [-0.15, -0.1) is 0 Å². The van der Waals surface area contributed by atoms with Crippen LogP contribution in [0.1, 0.15) is 46.0 Å². The van der Waals surface area contributed by atoms with Gasteiger partial charge in [-0.1, -0.05) is 20.3 Å². The zero-order chi connectivity index (χ0) is 12.3. The Morgan fingerprint density at radius 2 is 1.88 bits per heavy atom. The molecule has 3 heteroatoms. The third kappa shape index (κ3) is 3.87. The predicted octanol–water partition coefficient (Wildman–Crippen LogP) is 2.98. The first-order chi connectivity index (χ1) is 8.07. The molecule has 0 amide bonds. The van der Waals surface area contributed by atoms with Gasteiger partial charge in [0.15, 0.2) is 0 Å². The molecule has 2 fully saturated rings. The van der Waals surface area contributed by atoms with Crippen LogP contribution in [0.4, 0.5) is 0 Å². The lowest BCUT2D eigenvalue weighted by molar-refractivity contribution is 0.131. The molecule has 2 rings (SSSR count). The van der Waals surface area contributed by atoms with Crippen LogP contribution in [0, 0.1) is 5.92 Å². The summed E-state index contributed by atoms with van der Waals surface area (Å²) < 4.78 is 5.78. The van der Waals surface area contributed by atoms with Gasteiger partial charge in [0.2, 0.25) is 0 Å². The second-order valence-corrected chi connectivity index (χ2v) is 7.31. The maximum Gasteiger partial charge on any atom is 0.0593 e. The van der Waals surface area contributed by atoms with Gasteiger partial charge in [-0.3, -0.25) is 4.90 Å². The summed E-state index contributed by atoms with van der Waals surface area (Å²) >= 11 is 4.78. The lowest BCUT2D eigenvalue weighted by Crippen LogP contribution is -2.41. The average molecular weight is 257 g/mol. The summed E-state index contributed by atoms with van der Waals surface area (Å²) in [6.45, 7) is 8.79. The highest BCUT2D eigenvalue weighted by molar-refractivity contribution is 7.81. The van der Waals surface area contributed by atoms with Gasteiger partial charge >= 0.3 is 0 Å². The second-order valence-electron chi connectivity index (χ2n) is 6.16. The van der Waals surface area contributed by atoms with E-state index in [0.29, 0.717) is 0 Å². The molecule has 0 aromatic heterocycles. The van der Waals surface area contributed by atoms with E-state index in [4.69, 9.17) is 17.4 Å². The van der Waals surface area contributed by atoms with E-state index < -0.39 is 0 Å². The summed E-state index contributed by atoms with van der Waals surface area (Å²) in [5.41, 5.74) is 0. The van der Waals surface area contributed by atoms with Crippen molar-refractivity contribution in [2.24, 2.45) is 5.92 Å². The van der Waals surface area contributed by atoms with Gasteiger partial charge in [0.1, 0.15) is 0 Å². The summed E-state index contributed by atoms with van der Waals surface area (Å²) in [7, 11) is 0. The Morgan fingerprint density at radius 3 is 2.65 bits per heavy atom. The number of rotatable bonds is 1. The van der Waals surface area contributed by atoms with Crippen LogP contribution in [-0.4, -0.2) is 42.0 Å². The molecule has 0 aromatic rings. The molecule has 2 aliphatic heterocycles. The Morgan fingerprint density at radius 1 is 1.06 bits per heavy atom. The molecular formula is C14H27NOS. The van der Waals surface area contributed by atoms with Crippen molar-refractivity contribution in [3.05, 3.63) is 0 Å². The molecule has 0 aromatic carbocycles. The molecular weight excluding hydrogens is 230 g/mol. The van der Waals surface area contributed by atoms with Gasteiger partial charge in [0.05, 0.1) is 6.61 Å². The zero-order valence-electron chi connectivity index (χ0n) is 11.3. The fraction of sp³-hybridized carbons (Fsp3) is 1.00. The molecule has 17 heavy (non-hydrogen) atoms. The Balaban J connectivity index is 1.95. The number of thiol groups is 1. The standard InChI is InChI=1S/C14H27NOS/c1-14(2,17)12-4-3-5-13-7-10-16-11-9-15(13)8-6-12/h12-13,17H,3-11H2,1-2H3. The topological polar surface area (TPSA) is 12.5 Å². The molecule has 0 N–H and O–H groups in total. The van der Waals surface area contributed by atoms with Crippen molar-refractivity contribution in [1.82, 2.24) is 4.90 Å². The average Bonchev–Trinajstić information content (AvgIpc) is 2.41. The van der Waals surface area contributed by atoms with Gasteiger partial charge in [-0.25, -0.2) is 0 Å². The Kier molecular flexibility index (Phi) is 4.79. The molecule has 0 radical (unpaired) electrons. The maximum absolute atomic E-state index is 5.61. The van der Waals surface area contributed by atoms with Crippen molar-refractivity contribution >= 4 is 12.6 Å². The van der Waals surface area contributed by atoms with E-state index >= 15 is 0 Å². The van der Waals surface area contributed by atoms with E-state index in [9.17, 15) is 0 Å². The number of nitrogens with zero attached hydrogens (tertiary/aromatic N) is 1. The second kappa shape index (κ2) is 5.94. The third-order valence-electron chi connectivity index (χ3n) is 4.49. The first-order valence-corrected chi connectivity index (χ1v) is 7.56. The predicted molar refractivity (Wildman–Crippen MR) is 75.8 cm³/mol. The van der Waals surface area contributed by atoms with E-state index in [-0.39, 0.29) is 4.75 Å². The molecule has 0 spiro atoms. The number of hydrogen-bond donors (Lipinski definition) is 1. The Bertz CT molecular complexity index is 239. The fourth-order valence-electron chi connectivity index (χ4n) is 3.26. The molecule has 2 saturated heterocycles. The molecule has 100 valence electrons. The number of hydrogen-bond acceptors (Lipinski definition) is 3. The van der Waals surface area contributed by atoms with E-state index in [1.54, 1.807) is 0 Å². The first-order valence-electron chi connectivity index (χ1n) is 7.11. The highest BCUT2D eigenvalue weighted by Crippen LogP contribution is 2.34. The summed E-state index contributed by atoms with van der Waals surface area (Å²) in [6, 6.07) is 0.779. The summed E-state index contributed by atoms with van der Waals surface area (Å²) in [6.07, 6.45) is 6.59. The number of fused-ring (bicyclic) bond motifs is 1. The maximum atomic E-state index is 5.61. The molecule has 2 unspecified atom stereocenters. The SMILES string of the molecule is CC(C)(S)C1CCCC2CCOCCN2CC1. The zero-order valence-corrected chi connectivity index (χ0v) is 12.2. The lowest BCUT2D eigenvalue weighted by atomic mass is 9.84. The van der Waals surface area contributed by atoms with Gasteiger partial charge in [0.25, 0.3) is 0 Å². The van der Waals surface area contributed by atoms with Crippen LogP contribution in [0.5, 0.6) is 0 Å². The highest BCUT2D eigenvalue weighted by atomic mass is 32.1. The monoisotopic (exact) mass is 257 g/mol. The van der Waals surface area contributed by atoms with Crippen LogP contribution in [0.15, 0.2) is 0 Å². The largest absolute Gasteiger partial charge is 0.380 e. The minimum Gasteiger partial charge on any atom is -0.380 e. The molecule has 0 bridgehead atoms. The minimum atomic E-state index is 0.176. The van der Waals surface area contributed by atoms with E-state index in [2.05, 4.69) is 18.7 Å². The molecule has 0 saturated carbocycles. The van der Waals surface area contributed by atoms with Crippen molar-refractivity contribution in [1.29, 1.82) is 0 Å². The van der Waals surface area contributed by atoms with Crippen molar-refractivity contribution in [2.45, 2.75) is 56.7 Å². The van der Waals surface area contributed by atoms with Gasteiger partial charge in [-0.2, -0.15) is 12.6 Å². The van der Waals surface area contributed by atoms with Crippen molar-refractivity contribution in [2.75, 3.05) is 26.3 Å². The molecule has 0 aliphatic carbocycles. The normalized spacial score (nSPS) is 33.4. The molecule has 2 aliphatic rings. The van der Waals surface area contributed by atoms with Crippen molar-refractivity contribution in [3.63, 3.8) is 0 Å². The third-order valence-corrected chi connectivity index (χ3v) is 4.85. The Hall–Kier alpha value is 0.270. The first kappa shape index (κ1) is 13.7. The van der Waals surface area contributed by atoms with Crippen LogP contribution in [0.25, 0.3) is 0 Å². The van der Waals surface area contributed by atoms with Crippen LogP contribution in [-0.2, 0) is 4.74 Å². The van der Waals surface area contributed by atoms with E-state index in [0.717, 1.165) is 31.7 Å². The summed E-state index contributed by atoms with van der Waals surface area (Å²) in [4.78, 5) is 2.67. The molecule has 2 atom stereocenters. The molecule has 2 heterocycles. The highest BCUT2D eigenvalue weighted by Gasteiger charge is 2.30.